The molecular weight excluding hydrogens is 462 g/mol. The van der Waals surface area contributed by atoms with Gasteiger partial charge in [0.1, 0.15) is 6.04 Å². The summed E-state index contributed by atoms with van der Waals surface area (Å²) >= 11 is 0. The van der Waals surface area contributed by atoms with E-state index in [1.54, 1.807) is 30.0 Å². The second-order valence-corrected chi connectivity index (χ2v) is 10.7. The first-order chi connectivity index (χ1) is 16.8. The fourth-order valence-corrected chi connectivity index (χ4v) is 6.34. The zero-order valence-electron chi connectivity index (χ0n) is 20.3. The van der Waals surface area contributed by atoms with E-state index in [4.69, 9.17) is 0 Å². The van der Waals surface area contributed by atoms with E-state index in [2.05, 4.69) is 5.32 Å². The van der Waals surface area contributed by atoms with Crippen molar-refractivity contribution in [1.29, 1.82) is 0 Å². The third-order valence-electron chi connectivity index (χ3n) is 6.55. The number of aryl methyl sites for hydroxylation is 1. The van der Waals surface area contributed by atoms with Gasteiger partial charge in [-0.2, -0.15) is 0 Å². The number of carbonyl (C=O) groups is 2. The van der Waals surface area contributed by atoms with E-state index in [0.717, 1.165) is 21.9 Å². The van der Waals surface area contributed by atoms with Crippen LogP contribution in [0.5, 0.6) is 0 Å². The van der Waals surface area contributed by atoms with Crippen molar-refractivity contribution in [1.82, 2.24) is 10.2 Å². The summed E-state index contributed by atoms with van der Waals surface area (Å²) < 4.78 is 27.8. The third-order valence-corrected chi connectivity index (χ3v) is 8.41. The van der Waals surface area contributed by atoms with Crippen LogP contribution in [0, 0.1) is 6.92 Å². The van der Waals surface area contributed by atoms with Gasteiger partial charge in [-0.1, -0.05) is 48.5 Å². The zero-order valence-corrected chi connectivity index (χ0v) is 21.1. The third kappa shape index (κ3) is 4.75. The fourth-order valence-electron chi connectivity index (χ4n) is 4.59. The Kier molecular flexibility index (Phi) is 7.12. The second-order valence-electron chi connectivity index (χ2n) is 8.83. The van der Waals surface area contributed by atoms with Crippen molar-refractivity contribution in [2.75, 3.05) is 17.4 Å². The quantitative estimate of drug-likeness (QED) is 0.488. The van der Waals surface area contributed by atoms with E-state index in [9.17, 15) is 18.0 Å². The fraction of sp³-hybridized carbons (Fsp3) is 0.333. The van der Waals surface area contributed by atoms with E-state index in [0.29, 0.717) is 30.1 Å². The van der Waals surface area contributed by atoms with Crippen LogP contribution in [0.3, 0.4) is 0 Å². The molecule has 2 amide bonds. The van der Waals surface area contributed by atoms with Crippen LogP contribution < -0.4 is 9.62 Å². The van der Waals surface area contributed by atoms with Gasteiger partial charge in [0.15, 0.2) is 0 Å². The van der Waals surface area contributed by atoms with Crippen molar-refractivity contribution in [2.24, 2.45) is 0 Å². The molecule has 0 fully saturated rings. The van der Waals surface area contributed by atoms with Gasteiger partial charge in [0, 0.05) is 31.4 Å². The first-order valence-electron chi connectivity index (χ1n) is 11.9. The minimum absolute atomic E-state index is 0.133. The van der Waals surface area contributed by atoms with Crippen molar-refractivity contribution in [3.05, 3.63) is 71.8 Å². The maximum absolute atomic E-state index is 13.3. The average Bonchev–Trinajstić information content (AvgIpc) is 3.06. The number of carbonyl (C=O) groups excluding carboxylic acids is 2. The number of hydrogen-bond acceptors (Lipinski definition) is 4. The maximum Gasteiger partial charge on any atom is 0.265 e. The molecule has 0 saturated carbocycles. The van der Waals surface area contributed by atoms with Crippen LogP contribution in [0.4, 0.5) is 5.69 Å². The van der Waals surface area contributed by atoms with E-state index >= 15 is 0 Å². The summed E-state index contributed by atoms with van der Waals surface area (Å²) in [5.74, 6) is -0.391. The van der Waals surface area contributed by atoms with Gasteiger partial charge < -0.3 is 10.2 Å². The molecule has 184 valence electrons. The number of nitrogens with one attached hydrogen (secondary N) is 1. The number of anilines is 1. The number of likely N-dealkylation sites (N-methyl/N-ethyl adjacent to an activating group) is 1. The number of sulfonamides is 1. The van der Waals surface area contributed by atoms with Crippen molar-refractivity contribution < 1.29 is 18.0 Å². The van der Waals surface area contributed by atoms with Crippen LogP contribution in [-0.4, -0.2) is 44.3 Å². The van der Waals surface area contributed by atoms with E-state index < -0.39 is 16.1 Å². The molecule has 0 saturated heterocycles. The summed E-state index contributed by atoms with van der Waals surface area (Å²) in [6, 6.07) is 18.0. The van der Waals surface area contributed by atoms with Gasteiger partial charge in [0.2, 0.25) is 11.8 Å². The van der Waals surface area contributed by atoms with Gasteiger partial charge in [-0.15, -0.1) is 0 Å². The van der Waals surface area contributed by atoms with Crippen molar-refractivity contribution >= 4 is 38.3 Å². The van der Waals surface area contributed by atoms with E-state index in [1.165, 1.54) is 4.31 Å². The molecule has 3 aromatic carbocycles. The summed E-state index contributed by atoms with van der Waals surface area (Å²) in [6.45, 7) is 6.53. The summed E-state index contributed by atoms with van der Waals surface area (Å²) in [7, 11) is -3.66. The predicted octanol–water partition coefficient (Wildman–Crippen LogP) is 3.99. The van der Waals surface area contributed by atoms with Crippen molar-refractivity contribution in [3.63, 3.8) is 0 Å². The van der Waals surface area contributed by atoms with Crippen LogP contribution in [0.2, 0.25) is 0 Å². The molecule has 0 radical (unpaired) electrons. The molecular formula is C27H31N3O4S. The Morgan fingerprint density at radius 1 is 1.03 bits per heavy atom. The molecule has 0 unspecified atom stereocenters. The SMILES string of the molecule is CCNC(=O)[C@H](C)N(Cc1ccccc1C)C(=O)CCCN1c2cccc3cccc(c23)S1(=O)=O. The zero-order chi connectivity index (χ0) is 25.2. The molecule has 1 heterocycles. The highest BCUT2D eigenvalue weighted by molar-refractivity contribution is 7.93. The lowest BCUT2D eigenvalue weighted by atomic mass is 10.1. The van der Waals surface area contributed by atoms with Crippen LogP contribution in [-0.2, 0) is 26.2 Å². The molecule has 0 aromatic heterocycles. The van der Waals surface area contributed by atoms with Gasteiger partial charge >= 0.3 is 0 Å². The predicted molar refractivity (Wildman–Crippen MR) is 138 cm³/mol. The van der Waals surface area contributed by atoms with Crippen LogP contribution in [0.1, 0.15) is 37.8 Å². The molecule has 1 aliphatic heterocycles. The molecule has 35 heavy (non-hydrogen) atoms. The van der Waals surface area contributed by atoms with E-state index in [1.807, 2.05) is 56.3 Å². The standard InChI is InChI=1S/C27H31N3O4S/c1-4-28-27(32)20(3)29(18-22-11-6-5-10-19(22)2)25(31)16-9-17-30-23-14-7-12-21-13-8-15-24(26(21)23)35(30,33)34/h5-8,10-15,20H,4,9,16-18H2,1-3H3,(H,28,32)/t20-/m0/s1. The Morgan fingerprint density at radius 2 is 1.74 bits per heavy atom. The molecule has 1 atom stereocenters. The number of amides is 2. The minimum atomic E-state index is -3.66. The summed E-state index contributed by atoms with van der Waals surface area (Å²) in [5, 5.41) is 4.40. The highest BCUT2D eigenvalue weighted by atomic mass is 32.2. The summed E-state index contributed by atoms with van der Waals surface area (Å²) in [6.07, 6.45) is 0.475. The lowest BCUT2D eigenvalue weighted by Crippen LogP contribution is -2.47. The summed E-state index contributed by atoms with van der Waals surface area (Å²) in [5.41, 5.74) is 2.67. The monoisotopic (exact) mass is 493 g/mol. The van der Waals surface area contributed by atoms with Gasteiger partial charge in [-0.05, 0) is 55.8 Å². The highest BCUT2D eigenvalue weighted by Gasteiger charge is 2.35. The first-order valence-corrected chi connectivity index (χ1v) is 13.4. The van der Waals surface area contributed by atoms with Crippen LogP contribution >= 0.6 is 0 Å². The van der Waals surface area contributed by atoms with Crippen LogP contribution in [0.15, 0.2) is 65.6 Å². The largest absolute Gasteiger partial charge is 0.355 e. The van der Waals surface area contributed by atoms with Crippen LogP contribution in [0.25, 0.3) is 10.8 Å². The minimum Gasteiger partial charge on any atom is -0.355 e. The molecule has 1 N–H and O–H groups in total. The Morgan fingerprint density at radius 3 is 2.46 bits per heavy atom. The molecule has 0 bridgehead atoms. The molecule has 8 heteroatoms. The normalized spacial score (nSPS) is 14.7. The number of nitrogens with zero attached hydrogens (tertiary/aromatic N) is 2. The lowest BCUT2D eigenvalue weighted by Gasteiger charge is -2.29. The van der Waals surface area contributed by atoms with Crippen molar-refractivity contribution in [2.45, 2.75) is 51.1 Å². The lowest BCUT2D eigenvalue weighted by molar-refractivity contribution is -0.140. The van der Waals surface area contributed by atoms with Crippen molar-refractivity contribution in [3.8, 4) is 0 Å². The Hall–Kier alpha value is -3.39. The second kappa shape index (κ2) is 10.1. The van der Waals surface area contributed by atoms with Gasteiger partial charge in [-0.3, -0.25) is 13.9 Å². The highest BCUT2D eigenvalue weighted by Crippen LogP contribution is 2.42. The average molecular weight is 494 g/mol. The molecule has 7 nitrogen and oxygen atoms in total. The van der Waals surface area contributed by atoms with Gasteiger partial charge in [0.05, 0.1) is 10.6 Å². The Labute approximate surface area is 206 Å². The van der Waals surface area contributed by atoms with Gasteiger partial charge in [-0.25, -0.2) is 8.42 Å². The number of benzene rings is 3. The topological polar surface area (TPSA) is 86.8 Å². The molecule has 3 aromatic rings. The van der Waals surface area contributed by atoms with Gasteiger partial charge in [0.25, 0.3) is 10.0 Å². The Bertz CT molecular complexity index is 1360. The number of hydrogen-bond donors (Lipinski definition) is 1. The molecule has 1 aliphatic rings. The van der Waals surface area contributed by atoms with E-state index in [-0.39, 0.29) is 24.8 Å². The Balaban J connectivity index is 1.50. The molecule has 0 aliphatic carbocycles. The maximum atomic E-state index is 13.3. The summed E-state index contributed by atoms with van der Waals surface area (Å²) in [4.78, 5) is 27.8. The molecule has 4 rings (SSSR count). The first kappa shape index (κ1) is 24.7. The number of rotatable bonds is 9. The smallest absolute Gasteiger partial charge is 0.265 e. The molecule has 0 spiro atoms.